The molecule has 33 heavy (non-hydrogen) atoms. The van der Waals surface area contributed by atoms with Gasteiger partial charge in [0.1, 0.15) is 11.5 Å². The van der Waals surface area contributed by atoms with E-state index in [1.54, 1.807) is 24.3 Å². The van der Waals surface area contributed by atoms with Gasteiger partial charge in [-0.05, 0) is 62.1 Å². The number of ether oxygens (including phenoxy) is 2. The summed E-state index contributed by atoms with van der Waals surface area (Å²) in [5.74, 6) is -0.492. The molecule has 0 radical (unpaired) electrons. The van der Waals surface area contributed by atoms with E-state index in [2.05, 4.69) is 13.8 Å². The smallest absolute Gasteiger partial charge is 0.295 e. The van der Waals surface area contributed by atoms with Crippen LogP contribution in [-0.4, -0.2) is 47.6 Å². The first-order valence-corrected chi connectivity index (χ1v) is 11.5. The highest BCUT2D eigenvalue weighted by Gasteiger charge is 2.45. The molecule has 2 aromatic carbocycles. The van der Waals surface area contributed by atoms with E-state index >= 15 is 0 Å². The summed E-state index contributed by atoms with van der Waals surface area (Å²) in [7, 11) is 0. The third kappa shape index (κ3) is 5.45. The Labute approximate surface area is 195 Å². The minimum absolute atomic E-state index is 0.00875. The lowest BCUT2D eigenvalue weighted by Crippen LogP contribution is -2.33. The Morgan fingerprint density at radius 1 is 1.00 bits per heavy atom. The number of amides is 1. The number of benzene rings is 2. The number of carbonyl (C=O) groups excluding carboxylic acids is 2. The molecule has 3 rings (SSSR count). The van der Waals surface area contributed by atoms with E-state index in [0.29, 0.717) is 30.4 Å². The van der Waals surface area contributed by atoms with Gasteiger partial charge in [0.15, 0.2) is 0 Å². The number of ketones is 1. The maximum atomic E-state index is 13.1. The minimum atomic E-state index is -0.691. The van der Waals surface area contributed by atoms with Crippen molar-refractivity contribution in [3.05, 3.63) is 70.8 Å². The molecule has 1 amide bonds. The van der Waals surface area contributed by atoms with E-state index in [1.165, 1.54) is 4.90 Å². The van der Waals surface area contributed by atoms with Crippen LogP contribution in [0.25, 0.3) is 5.76 Å². The average molecular weight is 452 g/mol. The van der Waals surface area contributed by atoms with E-state index in [0.717, 1.165) is 11.1 Å². The van der Waals surface area contributed by atoms with Gasteiger partial charge in [-0.1, -0.05) is 38.1 Å². The summed E-state index contributed by atoms with van der Waals surface area (Å²) in [6.45, 7) is 11.0. The maximum Gasteiger partial charge on any atom is 0.295 e. The zero-order chi connectivity index (χ0) is 24.1. The summed E-state index contributed by atoms with van der Waals surface area (Å²) >= 11 is 0. The molecule has 0 aromatic heterocycles. The Morgan fingerprint density at radius 3 is 2.18 bits per heavy atom. The van der Waals surface area contributed by atoms with Crippen molar-refractivity contribution >= 4 is 17.4 Å². The molecule has 1 unspecified atom stereocenters. The molecule has 6 heteroatoms. The highest BCUT2D eigenvalue weighted by atomic mass is 16.5. The Balaban J connectivity index is 2.05. The fourth-order valence-corrected chi connectivity index (χ4v) is 3.94. The highest BCUT2D eigenvalue weighted by Crippen LogP contribution is 2.39. The van der Waals surface area contributed by atoms with Crippen molar-refractivity contribution in [2.75, 3.05) is 19.8 Å². The predicted molar refractivity (Wildman–Crippen MR) is 128 cm³/mol. The quantitative estimate of drug-likeness (QED) is 0.328. The molecule has 1 fully saturated rings. The number of carbonyl (C=O) groups is 2. The lowest BCUT2D eigenvalue weighted by Gasteiger charge is -2.26. The Kier molecular flexibility index (Phi) is 7.92. The summed E-state index contributed by atoms with van der Waals surface area (Å²) in [6.07, 6.45) is 0.00875. The first kappa shape index (κ1) is 24.5. The number of aliphatic hydroxyl groups is 1. The first-order chi connectivity index (χ1) is 15.7. The van der Waals surface area contributed by atoms with Crippen LogP contribution in [0.15, 0.2) is 54.1 Å². The van der Waals surface area contributed by atoms with Gasteiger partial charge in [-0.2, -0.15) is 0 Å². The van der Waals surface area contributed by atoms with Gasteiger partial charge in [-0.3, -0.25) is 9.59 Å². The molecule has 0 aliphatic carbocycles. The van der Waals surface area contributed by atoms with Crippen molar-refractivity contribution in [3.63, 3.8) is 0 Å². The second kappa shape index (κ2) is 10.7. The number of hydrogen-bond acceptors (Lipinski definition) is 5. The van der Waals surface area contributed by atoms with Crippen LogP contribution in [0.1, 0.15) is 63.3 Å². The van der Waals surface area contributed by atoms with Gasteiger partial charge >= 0.3 is 0 Å². The van der Waals surface area contributed by atoms with Gasteiger partial charge < -0.3 is 19.5 Å². The summed E-state index contributed by atoms with van der Waals surface area (Å²) < 4.78 is 11.1. The molecule has 1 N–H and O–H groups in total. The van der Waals surface area contributed by atoms with Gasteiger partial charge in [0.2, 0.25) is 0 Å². The largest absolute Gasteiger partial charge is 0.507 e. The average Bonchev–Trinajstić information content (AvgIpc) is 3.04. The Hall–Kier alpha value is -3.12. The number of hydrogen-bond donors (Lipinski definition) is 1. The van der Waals surface area contributed by atoms with Crippen LogP contribution >= 0.6 is 0 Å². The second-order valence-corrected chi connectivity index (χ2v) is 8.69. The lowest BCUT2D eigenvalue weighted by atomic mass is 9.93. The van der Waals surface area contributed by atoms with Gasteiger partial charge in [0.25, 0.3) is 11.7 Å². The summed E-state index contributed by atoms with van der Waals surface area (Å²) in [4.78, 5) is 27.6. The zero-order valence-corrected chi connectivity index (χ0v) is 20.0. The van der Waals surface area contributed by atoms with E-state index in [4.69, 9.17) is 9.47 Å². The van der Waals surface area contributed by atoms with E-state index in [9.17, 15) is 14.7 Å². The molecule has 176 valence electrons. The minimum Gasteiger partial charge on any atom is -0.507 e. The SMILES string of the molecule is CCOc1ccc(/C(O)=C2/C(=O)C(=O)N(CCOC(C)C)C2c2ccc(C(C)C)cc2)cc1. The molecular weight excluding hydrogens is 418 g/mol. The first-order valence-electron chi connectivity index (χ1n) is 11.5. The molecule has 0 bridgehead atoms. The van der Waals surface area contributed by atoms with E-state index in [-0.39, 0.29) is 24.0 Å². The van der Waals surface area contributed by atoms with Gasteiger partial charge in [-0.15, -0.1) is 0 Å². The van der Waals surface area contributed by atoms with Crippen LogP contribution < -0.4 is 4.74 Å². The summed E-state index contributed by atoms with van der Waals surface area (Å²) in [5, 5.41) is 11.1. The van der Waals surface area contributed by atoms with Crippen molar-refractivity contribution in [1.29, 1.82) is 0 Å². The predicted octanol–water partition coefficient (Wildman–Crippen LogP) is 5.06. The van der Waals surface area contributed by atoms with Crippen LogP contribution in [0.2, 0.25) is 0 Å². The van der Waals surface area contributed by atoms with Crippen molar-refractivity contribution in [2.45, 2.75) is 52.7 Å². The number of rotatable bonds is 9. The molecule has 1 atom stereocenters. The zero-order valence-electron chi connectivity index (χ0n) is 20.0. The molecule has 2 aromatic rings. The molecular formula is C27H33NO5. The van der Waals surface area contributed by atoms with Crippen LogP contribution in [0, 0.1) is 0 Å². The number of nitrogens with zero attached hydrogens (tertiary/aromatic N) is 1. The Morgan fingerprint density at radius 2 is 1.64 bits per heavy atom. The fourth-order valence-electron chi connectivity index (χ4n) is 3.94. The van der Waals surface area contributed by atoms with Gasteiger partial charge in [-0.25, -0.2) is 0 Å². The maximum absolute atomic E-state index is 13.1. The lowest BCUT2D eigenvalue weighted by molar-refractivity contribution is -0.140. The normalized spacial score (nSPS) is 17.9. The molecule has 1 aliphatic rings. The van der Waals surface area contributed by atoms with Gasteiger partial charge in [0.05, 0.1) is 30.9 Å². The van der Waals surface area contributed by atoms with Crippen molar-refractivity contribution in [2.24, 2.45) is 0 Å². The van der Waals surface area contributed by atoms with Crippen LogP contribution in [0.5, 0.6) is 5.75 Å². The highest BCUT2D eigenvalue weighted by molar-refractivity contribution is 6.46. The van der Waals surface area contributed by atoms with E-state index < -0.39 is 17.7 Å². The second-order valence-electron chi connectivity index (χ2n) is 8.69. The molecule has 1 saturated heterocycles. The number of aliphatic hydroxyl groups excluding tert-OH is 1. The molecule has 6 nitrogen and oxygen atoms in total. The fraction of sp³-hybridized carbons (Fsp3) is 0.407. The summed E-state index contributed by atoms with van der Waals surface area (Å²) in [6, 6.07) is 14.0. The molecule has 0 spiro atoms. The van der Waals surface area contributed by atoms with Crippen molar-refractivity contribution < 1.29 is 24.2 Å². The van der Waals surface area contributed by atoms with Crippen LogP contribution in [0.4, 0.5) is 0 Å². The van der Waals surface area contributed by atoms with Crippen LogP contribution in [-0.2, 0) is 14.3 Å². The third-order valence-corrected chi connectivity index (χ3v) is 5.68. The van der Waals surface area contributed by atoms with Crippen molar-refractivity contribution in [3.8, 4) is 5.75 Å². The van der Waals surface area contributed by atoms with Gasteiger partial charge in [0, 0.05) is 12.1 Å². The molecule has 0 saturated carbocycles. The van der Waals surface area contributed by atoms with Crippen LogP contribution in [0.3, 0.4) is 0 Å². The number of likely N-dealkylation sites (tertiary alicyclic amines) is 1. The Bertz CT molecular complexity index is 1010. The topological polar surface area (TPSA) is 76.1 Å². The monoisotopic (exact) mass is 451 g/mol. The number of Topliss-reactive ketones (excluding diaryl/α,β-unsaturated/α-hetero) is 1. The standard InChI is InChI=1S/C27H33NO5/c1-6-32-22-13-11-21(12-14-22)25(29)23-24(20-9-7-19(8-10-20)17(2)3)28(27(31)26(23)30)15-16-33-18(4)5/h7-14,17-18,24,29H,6,15-16H2,1-5H3/b25-23-. The molecule has 1 heterocycles. The third-order valence-electron chi connectivity index (χ3n) is 5.68. The molecule has 1 aliphatic heterocycles. The van der Waals surface area contributed by atoms with E-state index in [1.807, 2.05) is 45.0 Å². The summed E-state index contributed by atoms with van der Waals surface area (Å²) in [5.41, 5.74) is 2.48. The van der Waals surface area contributed by atoms with Crippen molar-refractivity contribution in [1.82, 2.24) is 4.90 Å².